The largest absolute Gasteiger partial charge is 0.382 e. The maximum absolute atomic E-state index is 5.32. The summed E-state index contributed by atoms with van der Waals surface area (Å²) in [4.78, 5) is 5.55. The average Bonchev–Trinajstić information content (AvgIpc) is 2.50. The molecule has 0 saturated carbocycles. The van der Waals surface area contributed by atoms with Crippen molar-refractivity contribution in [1.29, 1.82) is 0 Å². The van der Waals surface area contributed by atoms with Gasteiger partial charge in [0.1, 0.15) is 0 Å². The predicted molar refractivity (Wildman–Crippen MR) is 108 cm³/mol. The molecule has 6 heteroatoms. The van der Waals surface area contributed by atoms with E-state index in [0.29, 0.717) is 0 Å². The third kappa shape index (κ3) is 8.24. The molecule has 1 aromatic carbocycles. The van der Waals surface area contributed by atoms with Gasteiger partial charge in [-0.15, -0.1) is 35.7 Å². The number of benzene rings is 1. The summed E-state index contributed by atoms with van der Waals surface area (Å²) in [6, 6.07) is 6.55. The molecule has 0 amide bonds. The van der Waals surface area contributed by atoms with Crippen LogP contribution in [0.25, 0.3) is 0 Å². The first-order valence-electron chi connectivity index (χ1n) is 7.37. The van der Waals surface area contributed by atoms with Crippen LogP contribution in [0.5, 0.6) is 0 Å². The zero-order chi connectivity index (χ0) is 15.5. The molecule has 4 nitrogen and oxygen atoms in total. The van der Waals surface area contributed by atoms with Crippen LogP contribution in [0.15, 0.2) is 28.1 Å². The summed E-state index contributed by atoms with van der Waals surface area (Å²) in [6.45, 7) is 7.34. The second kappa shape index (κ2) is 13.0. The number of guanidine groups is 1. The van der Waals surface area contributed by atoms with E-state index in [0.717, 1.165) is 38.7 Å². The van der Waals surface area contributed by atoms with Crippen molar-refractivity contribution in [3.05, 3.63) is 29.3 Å². The van der Waals surface area contributed by atoms with Gasteiger partial charge in [-0.2, -0.15) is 0 Å². The van der Waals surface area contributed by atoms with Gasteiger partial charge in [-0.25, -0.2) is 0 Å². The van der Waals surface area contributed by atoms with Gasteiger partial charge in [0.15, 0.2) is 5.96 Å². The number of nitrogens with zero attached hydrogens (tertiary/aromatic N) is 1. The number of hydrogen-bond donors (Lipinski definition) is 2. The van der Waals surface area contributed by atoms with Gasteiger partial charge in [0.25, 0.3) is 0 Å². The Kier molecular flexibility index (Phi) is 12.7. The number of aryl methyl sites for hydroxylation is 1. The highest BCUT2D eigenvalue weighted by Crippen LogP contribution is 2.21. The highest BCUT2D eigenvalue weighted by atomic mass is 127. The Bertz CT molecular complexity index is 455. The minimum Gasteiger partial charge on any atom is -0.382 e. The zero-order valence-corrected chi connectivity index (χ0v) is 17.1. The summed E-state index contributed by atoms with van der Waals surface area (Å²) >= 11 is 1.78. The summed E-state index contributed by atoms with van der Waals surface area (Å²) in [5.74, 6) is 0.833. The molecule has 1 aromatic rings. The molecule has 0 aliphatic rings. The molecule has 1 rings (SSSR count). The number of halogens is 1. The molecule has 126 valence electrons. The van der Waals surface area contributed by atoms with E-state index < -0.39 is 0 Å². The van der Waals surface area contributed by atoms with Crippen molar-refractivity contribution in [2.24, 2.45) is 4.99 Å². The van der Waals surface area contributed by atoms with Crippen LogP contribution in [0, 0.1) is 6.92 Å². The fraction of sp³-hybridized carbons (Fsp3) is 0.562. The van der Waals surface area contributed by atoms with Crippen LogP contribution in [0.4, 0.5) is 0 Å². The van der Waals surface area contributed by atoms with Crippen LogP contribution in [-0.2, 0) is 11.3 Å². The smallest absolute Gasteiger partial charge is 0.191 e. The van der Waals surface area contributed by atoms with Gasteiger partial charge >= 0.3 is 0 Å². The maximum Gasteiger partial charge on any atom is 0.191 e. The normalized spacial score (nSPS) is 11.0. The number of thioether (sulfide) groups is 1. The fourth-order valence-electron chi connectivity index (χ4n) is 1.92. The number of hydrogen-bond acceptors (Lipinski definition) is 3. The van der Waals surface area contributed by atoms with Gasteiger partial charge in [-0.3, -0.25) is 4.99 Å². The minimum atomic E-state index is 0. The molecule has 22 heavy (non-hydrogen) atoms. The van der Waals surface area contributed by atoms with E-state index in [-0.39, 0.29) is 24.0 Å². The topological polar surface area (TPSA) is 45.6 Å². The Labute approximate surface area is 155 Å². The van der Waals surface area contributed by atoms with E-state index in [4.69, 9.17) is 4.74 Å². The Morgan fingerprint density at radius 1 is 1.32 bits per heavy atom. The lowest BCUT2D eigenvalue weighted by atomic mass is 10.1. The van der Waals surface area contributed by atoms with Crippen LogP contribution in [0.1, 0.15) is 24.5 Å². The third-order valence-corrected chi connectivity index (χ3v) is 3.89. The molecule has 0 heterocycles. The number of rotatable bonds is 8. The van der Waals surface area contributed by atoms with Crippen LogP contribution in [0.3, 0.4) is 0 Å². The Morgan fingerprint density at radius 2 is 2.09 bits per heavy atom. The summed E-state index contributed by atoms with van der Waals surface area (Å²) in [5.41, 5.74) is 2.59. The molecule has 0 aromatic heterocycles. The SMILES string of the molecule is CCOCCCNC(=NC)NCc1ccc(C)cc1SC.I. The summed E-state index contributed by atoms with van der Waals surface area (Å²) in [5, 5.41) is 6.66. The van der Waals surface area contributed by atoms with Crippen molar-refractivity contribution in [2.45, 2.75) is 31.7 Å². The van der Waals surface area contributed by atoms with Crippen LogP contribution < -0.4 is 10.6 Å². The lowest BCUT2D eigenvalue weighted by Crippen LogP contribution is -2.37. The summed E-state index contributed by atoms with van der Waals surface area (Å²) in [7, 11) is 1.79. The van der Waals surface area contributed by atoms with Gasteiger partial charge in [0.05, 0.1) is 0 Å². The highest BCUT2D eigenvalue weighted by Gasteiger charge is 2.03. The second-order valence-electron chi connectivity index (χ2n) is 4.72. The van der Waals surface area contributed by atoms with Gasteiger partial charge < -0.3 is 15.4 Å². The van der Waals surface area contributed by atoms with E-state index in [1.807, 2.05) is 6.92 Å². The fourth-order valence-corrected chi connectivity index (χ4v) is 2.63. The molecule has 0 aliphatic carbocycles. The van der Waals surface area contributed by atoms with Crippen molar-refractivity contribution in [2.75, 3.05) is 33.1 Å². The molecular weight excluding hydrogens is 409 g/mol. The standard InChI is InChI=1S/C16H27N3OS.HI/c1-5-20-10-6-9-18-16(17-3)19-12-14-8-7-13(2)11-15(14)21-4;/h7-8,11H,5-6,9-10,12H2,1-4H3,(H2,17,18,19);1H. The van der Waals surface area contributed by atoms with E-state index >= 15 is 0 Å². The first kappa shape index (κ1) is 21.5. The van der Waals surface area contributed by atoms with Crippen molar-refractivity contribution in [3.8, 4) is 0 Å². The third-order valence-electron chi connectivity index (χ3n) is 3.07. The average molecular weight is 437 g/mol. The van der Waals surface area contributed by atoms with Crippen molar-refractivity contribution < 1.29 is 4.74 Å². The number of ether oxygens (including phenoxy) is 1. The quantitative estimate of drug-likeness (QED) is 0.215. The molecule has 0 radical (unpaired) electrons. The van der Waals surface area contributed by atoms with Crippen molar-refractivity contribution >= 4 is 41.7 Å². The zero-order valence-electron chi connectivity index (χ0n) is 13.9. The molecule has 0 saturated heterocycles. The van der Waals surface area contributed by atoms with Crippen molar-refractivity contribution in [1.82, 2.24) is 10.6 Å². The van der Waals surface area contributed by atoms with E-state index in [2.05, 4.69) is 47.0 Å². The predicted octanol–water partition coefficient (Wildman–Crippen LogP) is 3.43. The lowest BCUT2D eigenvalue weighted by molar-refractivity contribution is 0.145. The first-order chi connectivity index (χ1) is 10.2. The van der Waals surface area contributed by atoms with Gasteiger partial charge in [0, 0.05) is 38.2 Å². The highest BCUT2D eigenvalue weighted by molar-refractivity contribution is 14.0. The first-order valence-corrected chi connectivity index (χ1v) is 8.59. The van der Waals surface area contributed by atoms with E-state index in [9.17, 15) is 0 Å². The van der Waals surface area contributed by atoms with E-state index in [1.165, 1.54) is 16.0 Å². The Balaban J connectivity index is 0.00000441. The van der Waals surface area contributed by atoms with Crippen LogP contribution >= 0.6 is 35.7 Å². The Morgan fingerprint density at radius 3 is 2.73 bits per heavy atom. The van der Waals surface area contributed by atoms with Crippen LogP contribution in [0.2, 0.25) is 0 Å². The molecule has 0 unspecified atom stereocenters. The maximum atomic E-state index is 5.32. The van der Waals surface area contributed by atoms with Gasteiger partial charge in [-0.1, -0.05) is 12.1 Å². The molecule has 0 fully saturated rings. The van der Waals surface area contributed by atoms with E-state index in [1.54, 1.807) is 18.8 Å². The number of aliphatic imine (C=N–C) groups is 1. The number of nitrogens with one attached hydrogen (secondary N) is 2. The molecule has 0 aliphatic heterocycles. The molecule has 2 N–H and O–H groups in total. The minimum absolute atomic E-state index is 0. The van der Waals surface area contributed by atoms with Gasteiger partial charge in [0.2, 0.25) is 0 Å². The summed E-state index contributed by atoms with van der Waals surface area (Å²) < 4.78 is 5.32. The molecular formula is C16H28IN3OS. The Hall–Kier alpha value is -0.470. The molecule has 0 spiro atoms. The monoisotopic (exact) mass is 437 g/mol. The second-order valence-corrected chi connectivity index (χ2v) is 5.57. The summed E-state index contributed by atoms with van der Waals surface area (Å²) in [6.07, 6.45) is 3.09. The van der Waals surface area contributed by atoms with Crippen molar-refractivity contribution in [3.63, 3.8) is 0 Å². The molecule has 0 bridgehead atoms. The molecule has 0 atom stereocenters. The van der Waals surface area contributed by atoms with Crippen LogP contribution in [-0.4, -0.2) is 39.0 Å². The van der Waals surface area contributed by atoms with Gasteiger partial charge in [-0.05, 0) is 43.7 Å². The lowest BCUT2D eigenvalue weighted by Gasteiger charge is -2.14.